The first-order valence-electron chi connectivity index (χ1n) is 26.6. The van der Waals surface area contributed by atoms with Crippen LogP contribution in [0, 0.1) is 0 Å². The van der Waals surface area contributed by atoms with E-state index in [1.165, 1.54) is 180 Å². The Balaban J connectivity index is 3.46. The van der Waals surface area contributed by atoms with Crippen molar-refractivity contribution in [3.63, 3.8) is 0 Å². The topological polar surface area (TPSA) is 95.9 Å². The average molecular weight is 846 g/mol. The van der Waals surface area contributed by atoms with Crippen molar-refractivity contribution in [2.75, 3.05) is 13.2 Å². The largest absolute Gasteiger partial charge is 0.466 e. The molecule has 3 N–H and O–H groups in total. The van der Waals surface area contributed by atoms with Crippen LogP contribution in [0.25, 0.3) is 0 Å². The lowest BCUT2D eigenvalue weighted by Gasteiger charge is -2.22. The maximum Gasteiger partial charge on any atom is 0.305 e. The Morgan fingerprint density at radius 2 is 0.817 bits per heavy atom. The smallest absolute Gasteiger partial charge is 0.305 e. The van der Waals surface area contributed by atoms with Gasteiger partial charge in [-0.25, -0.2) is 0 Å². The summed E-state index contributed by atoms with van der Waals surface area (Å²) in [5, 5.41) is 23.1. The molecule has 60 heavy (non-hydrogen) atoms. The van der Waals surface area contributed by atoms with Gasteiger partial charge in [0.2, 0.25) is 5.91 Å². The van der Waals surface area contributed by atoms with E-state index in [0.29, 0.717) is 25.9 Å². The molecule has 0 aliphatic heterocycles. The van der Waals surface area contributed by atoms with E-state index in [0.717, 1.165) is 70.6 Å². The van der Waals surface area contributed by atoms with Crippen LogP contribution in [-0.2, 0) is 14.3 Å². The molecule has 0 radical (unpaired) electrons. The number of carbonyl (C=O) groups is 2. The predicted octanol–water partition coefficient (Wildman–Crippen LogP) is 15.9. The van der Waals surface area contributed by atoms with Gasteiger partial charge in [-0.15, -0.1) is 0 Å². The number of aliphatic hydroxyl groups is 2. The van der Waals surface area contributed by atoms with E-state index in [1.807, 2.05) is 0 Å². The fourth-order valence-electron chi connectivity index (χ4n) is 8.16. The summed E-state index contributed by atoms with van der Waals surface area (Å²) in [5.74, 6) is -0.0579. The quantitative estimate of drug-likeness (QED) is 0.0322. The number of carbonyl (C=O) groups excluding carboxylic acids is 2. The van der Waals surface area contributed by atoms with Gasteiger partial charge in [-0.1, -0.05) is 237 Å². The van der Waals surface area contributed by atoms with Crippen molar-refractivity contribution >= 4 is 11.9 Å². The zero-order valence-electron chi connectivity index (χ0n) is 40.2. The Labute approximate surface area is 373 Å². The van der Waals surface area contributed by atoms with Crippen LogP contribution in [0.3, 0.4) is 0 Å². The summed E-state index contributed by atoms with van der Waals surface area (Å²) in [6.07, 6.45) is 58.8. The van der Waals surface area contributed by atoms with Crippen molar-refractivity contribution in [1.82, 2.24) is 5.32 Å². The summed E-state index contributed by atoms with van der Waals surface area (Å²) in [6.45, 7) is 4.90. The number of hydrogen-bond donors (Lipinski definition) is 3. The van der Waals surface area contributed by atoms with Crippen molar-refractivity contribution in [3.8, 4) is 0 Å². The third-order valence-corrected chi connectivity index (χ3v) is 12.3. The summed E-state index contributed by atoms with van der Waals surface area (Å²) in [7, 11) is 0. The number of rotatable bonds is 49. The first kappa shape index (κ1) is 58.3. The van der Waals surface area contributed by atoms with E-state index in [4.69, 9.17) is 4.74 Å². The monoisotopic (exact) mass is 846 g/mol. The van der Waals surface area contributed by atoms with Crippen LogP contribution in [-0.4, -0.2) is 47.4 Å². The van der Waals surface area contributed by atoms with Gasteiger partial charge in [0, 0.05) is 12.8 Å². The van der Waals surface area contributed by atoms with Gasteiger partial charge in [0.15, 0.2) is 0 Å². The Bertz CT molecular complexity index is 935. The van der Waals surface area contributed by atoms with Crippen molar-refractivity contribution in [1.29, 1.82) is 0 Å². The predicted molar refractivity (Wildman–Crippen MR) is 260 cm³/mol. The second-order valence-corrected chi connectivity index (χ2v) is 18.2. The van der Waals surface area contributed by atoms with E-state index in [2.05, 4.69) is 43.5 Å². The second-order valence-electron chi connectivity index (χ2n) is 18.2. The average Bonchev–Trinajstić information content (AvgIpc) is 3.25. The zero-order chi connectivity index (χ0) is 43.7. The Hall–Kier alpha value is -1.66. The van der Waals surface area contributed by atoms with Gasteiger partial charge in [-0.3, -0.25) is 9.59 Å². The van der Waals surface area contributed by atoms with E-state index < -0.39 is 12.1 Å². The minimum absolute atomic E-state index is 0.0114. The number of unbranched alkanes of at least 4 members (excludes halogenated alkanes) is 35. The number of allylic oxidation sites excluding steroid dienone is 4. The maximum atomic E-state index is 12.4. The van der Waals surface area contributed by atoms with Gasteiger partial charge < -0.3 is 20.3 Å². The lowest BCUT2D eigenvalue weighted by molar-refractivity contribution is -0.143. The molecule has 0 rings (SSSR count). The molecule has 2 atom stereocenters. The van der Waals surface area contributed by atoms with Gasteiger partial charge in [0.1, 0.15) is 0 Å². The third-order valence-electron chi connectivity index (χ3n) is 12.3. The van der Waals surface area contributed by atoms with Crippen LogP contribution in [0.1, 0.15) is 284 Å². The molecule has 0 heterocycles. The summed E-state index contributed by atoms with van der Waals surface area (Å²) in [5.41, 5.74) is 0. The van der Waals surface area contributed by atoms with Crippen LogP contribution in [0.15, 0.2) is 24.3 Å². The summed E-state index contributed by atoms with van der Waals surface area (Å²) in [6, 6.07) is -0.547. The molecule has 2 unspecified atom stereocenters. The molecule has 0 aromatic heterocycles. The third kappa shape index (κ3) is 45.9. The van der Waals surface area contributed by atoms with Gasteiger partial charge >= 0.3 is 5.97 Å². The van der Waals surface area contributed by atoms with Crippen LogP contribution in [0.5, 0.6) is 0 Å². The molecular formula is C54H103NO5. The molecule has 0 aromatic carbocycles. The molecule has 0 saturated heterocycles. The molecule has 0 aliphatic carbocycles. The molecule has 354 valence electrons. The highest BCUT2D eigenvalue weighted by atomic mass is 16.5. The molecular weight excluding hydrogens is 743 g/mol. The van der Waals surface area contributed by atoms with Gasteiger partial charge in [0.05, 0.1) is 25.4 Å². The summed E-state index contributed by atoms with van der Waals surface area (Å²) >= 11 is 0. The molecule has 6 heteroatoms. The van der Waals surface area contributed by atoms with Crippen molar-refractivity contribution in [3.05, 3.63) is 24.3 Å². The first-order valence-corrected chi connectivity index (χ1v) is 26.6. The summed E-state index contributed by atoms with van der Waals surface area (Å²) < 4.78 is 5.45. The minimum atomic E-state index is -0.668. The first-order chi connectivity index (χ1) is 29.5. The molecule has 0 bridgehead atoms. The number of ether oxygens (including phenoxy) is 1. The van der Waals surface area contributed by atoms with Crippen LogP contribution < -0.4 is 5.32 Å². The Morgan fingerprint density at radius 1 is 0.467 bits per heavy atom. The van der Waals surface area contributed by atoms with Gasteiger partial charge in [-0.2, -0.15) is 0 Å². The van der Waals surface area contributed by atoms with E-state index in [1.54, 1.807) is 0 Å². The van der Waals surface area contributed by atoms with Crippen LogP contribution in [0.4, 0.5) is 0 Å². The van der Waals surface area contributed by atoms with E-state index >= 15 is 0 Å². The van der Waals surface area contributed by atoms with Crippen molar-refractivity contribution < 1.29 is 24.5 Å². The summed E-state index contributed by atoms with van der Waals surface area (Å²) in [4.78, 5) is 24.4. The molecule has 6 nitrogen and oxygen atoms in total. The lowest BCUT2D eigenvalue weighted by Crippen LogP contribution is -2.45. The number of hydrogen-bond acceptors (Lipinski definition) is 5. The lowest BCUT2D eigenvalue weighted by atomic mass is 10.0. The normalized spacial score (nSPS) is 12.8. The maximum absolute atomic E-state index is 12.4. The van der Waals surface area contributed by atoms with Crippen molar-refractivity contribution in [2.45, 2.75) is 296 Å². The molecule has 0 spiro atoms. The molecule has 0 fully saturated rings. The number of amides is 1. The van der Waals surface area contributed by atoms with Crippen LogP contribution >= 0.6 is 0 Å². The molecule has 0 saturated carbocycles. The van der Waals surface area contributed by atoms with Crippen molar-refractivity contribution in [2.24, 2.45) is 0 Å². The number of nitrogens with one attached hydrogen (secondary N) is 1. The van der Waals surface area contributed by atoms with Gasteiger partial charge in [-0.05, 0) is 57.8 Å². The second kappa shape index (κ2) is 50.0. The molecule has 0 aliphatic rings. The fraction of sp³-hybridized carbons (Fsp3) is 0.889. The number of esters is 1. The van der Waals surface area contributed by atoms with Gasteiger partial charge in [0.25, 0.3) is 0 Å². The Kier molecular flexibility index (Phi) is 48.6. The highest BCUT2D eigenvalue weighted by Crippen LogP contribution is 2.16. The Morgan fingerprint density at radius 3 is 1.23 bits per heavy atom. The fourth-order valence-corrected chi connectivity index (χ4v) is 8.16. The SMILES string of the molecule is CCCCCCCCCCCCCCCCC(=O)OCCCCC/C=C\C=C/CCCCCCCCCCCCC(=O)NC(CO)C(O)CCCCCCCCCCCC. The minimum Gasteiger partial charge on any atom is -0.466 e. The zero-order valence-corrected chi connectivity index (χ0v) is 40.2. The van der Waals surface area contributed by atoms with Crippen LogP contribution in [0.2, 0.25) is 0 Å². The van der Waals surface area contributed by atoms with E-state index in [9.17, 15) is 19.8 Å². The molecule has 1 amide bonds. The number of aliphatic hydroxyl groups excluding tert-OH is 2. The molecule has 0 aromatic rings. The highest BCUT2D eigenvalue weighted by Gasteiger charge is 2.20. The van der Waals surface area contributed by atoms with E-state index in [-0.39, 0.29) is 18.5 Å². The standard InChI is InChI=1S/C54H103NO5/c1-3-5-7-9-11-13-15-16-25-28-32-36-40-44-48-54(59)60-49-45-41-37-33-29-26-23-21-19-17-18-20-22-24-27-31-35-39-43-47-53(58)55-51(50-56)52(57)46-42-38-34-30-14-12-10-8-6-4-2/h21,23,26,29,51-52,56-57H,3-20,22,24-25,27-28,30-50H2,1-2H3,(H,55,58)/b23-21-,29-26-. The highest BCUT2D eigenvalue weighted by molar-refractivity contribution is 5.76.